The number of hydrogen-bond donors (Lipinski definition) is 1. The number of aldehydes is 1. The fourth-order valence-corrected chi connectivity index (χ4v) is 0.945. The summed E-state index contributed by atoms with van der Waals surface area (Å²) in [5.74, 6) is 0.341. The first kappa shape index (κ1) is 10.8. The number of nitrogens with zero attached hydrogens (tertiary/aromatic N) is 2. The topological polar surface area (TPSA) is 80.6 Å². The second-order valence-corrected chi connectivity index (χ2v) is 2.45. The van der Waals surface area contributed by atoms with Crippen molar-refractivity contribution in [3.05, 3.63) is 23.9 Å². The zero-order valence-corrected chi connectivity index (χ0v) is 8.01. The van der Waals surface area contributed by atoms with Crippen LogP contribution >= 0.6 is 0 Å². The molecule has 1 N–H and O–H groups in total. The molecule has 78 valence electrons. The molecular weight excluding hydrogens is 198 g/mol. The molecule has 1 rings (SSSR count). The first-order chi connectivity index (χ1) is 7.31. The van der Waals surface area contributed by atoms with Crippen LogP contribution in [0.1, 0.15) is 5.69 Å². The molecule has 15 heavy (non-hydrogen) atoms. The minimum absolute atomic E-state index is 0.0621. The van der Waals surface area contributed by atoms with Crippen molar-refractivity contribution < 1.29 is 14.4 Å². The molecule has 0 atom stereocenters. The summed E-state index contributed by atoms with van der Waals surface area (Å²) in [7, 11) is 1.33. The molecule has 1 aromatic heterocycles. The van der Waals surface area contributed by atoms with Crippen LogP contribution in [0.3, 0.4) is 0 Å². The van der Waals surface area contributed by atoms with E-state index in [0.717, 1.165) is 0 Å². The Balaban J connectivity index is 3.02. The lowest BCUT2D eigenvalue weighted by Gasteiger charge is -2.00. The van der Waals surface area contributed by atoms with Crippen LogP contribution in [-0.2, 0) is 14.4 Å². The molecule has 0 saturated carbocycles. The van der Waals surface area contributed by atoms with Gasteiger partial charge in [-0.15, -0.1) is 0 Å². The van der Waals surface area contributed by atoms with Crippen LogP contribution in [0.25, 0.3) is 0 Å². The van der Waals surface area contributed by atoms with Gasteiger partial charge < -0.3 is 10.2 Å². The highest BCUT2D eigenvalue weighted by molar-refractivity contribution is 6.35. The summed E-state index contributed by atoms with van der Waals surface area (Å²) in [5.41, 5.74) is 0.394. The van der Waals surface area contributed by atoms with E-state index in [1.807, 2.05) is 0 Å². The number of hydrogen-bond acceptors (Lipinski definition) is 5. The SMILES string of the molecule is CON=C(C=O)c1cccc(NC=O)n1. The highest BCUT2D eigenvalue weighted by atomic mass is 16.6. The Kier molecular flexibility index (Phi) is 3.96. The highest BCUT2D eigenvalue weighted by Gasteiger charge is 2.05. The molecule has 0 unspecified atom stereocenters. The van der Waals surface area contributed by atoms with E-state index < -0.39 is 0 Å². The summed E-state index contributed by atoms with van der Waals surface area (Å²) < 4.78 is 0. The predicted molar refractivity (Wildman–Crippen MR) is 53.5 cm³/mol. The van der Waals surface area contributed by atoms with Gasteiger partial charge in [0.05, 0.1) is 5.69 Å². The third-order valence-electron chi connectivity index (χ3n) is 1.52. The van der Waals surface area contributed by atoms with Crippen molar-refractivity contribution in [2.75, 3.05) is 12.4 Å². The third-order valence-corrected chi connectivity index (χ3v) is 1.52. The summed E-state index contributed by atoms with van der Waals surface area (Å²) in [6, 6.07) is 4.82. The fourth-order valence-electron chi connectivity index (χ4n) is 0.945. The molecule has 0 aliphatic carbocycles. The van der Waals surface area contributed by atoms with Crippen molar-refractivity contribution in [2.24, 2.45) is 5.16 Å². The monoisotopic (exact) mass is 207 g/mol. The predicted octanol–water partition coefficient (Wildman–Crippen LogP) is 0.199. The van der Waals surface area contributed by atoms with Crippen LogP contribution in [0.15, 0.2) is 23.4 Å². The molecule has 0 saturated heterocycles. The van der Waals surface area contributed by atoms with Gasteiger partial charge in [-0.1, -0.05) is 11.2 Å². The molecule has 0 aliphatic heterocycles. The van der Waals surface area contributed by atoms with Crippen LogP contribution in [0.5, 0.6) is 0 Å². The van der Waals surface area contributed by atoms with E-state index in [4.69, 9.17) is 0 Å². The van der Waals surface area contributed by atoms with Gasteiger partial charge in [0, 0.05) is 0 Å². The zero-order valence-electron chi connectivity index (χ0n) is 8.01. The average Bonchev–Trinajstić information content (AvgIpc) is 2.27. The molecule has 1 amide bonds. The van der Waals surface area contributed by atoms with Crippen LogP contribution in [0, 0.1) is 0 Å². The molecule has 6 heteroatoms. The molecule has 1 aromatic rings. The molecule has 0 fully saturated rings. The number of amides is 1. The van der Waals surface area contributed by atoms with E-state index in [1.165, 1.54) is 7.11 Å². The Morgan fingerprint density at radius 1 is 1.53 bits per heavy atom. The Morgan fingerprint density at radius 3 is 2.93 bits per heavy atom. The van der Waals surface area contributed by atoms with E-state index in [9.17, 15) is 9.59 Å². The number of nitrogens with one attached hydrogen (secondary N) is 1. The van der Waals surface area contributed by atoms with Gasteiger partial charge in [-0.2, -0.15) is 0 Å². The van der Waals surface area contributed by atoms with E-state index >= 15 is 0 Å². The number of rotatable bonds is 5. The van der Waals surface area contributed by atoms with Gasteiger partial charge in [-0.25, -0.2) is 4.98 Å². The summed E-state index contributed by atoms with van der Waals surface area (Å²) in [4.78, 5) is 29.2. The number of aromatic nitrogens is 1. The average molecular weight is 207 g/mol. The standard InChI is InChI=1S/C9H9N3O3/c1-15-12-8(5-13)7-3-2-4-9(11-7)10-6-14/h2-6H,1H3,(H,10,11,14). The molecule has 6 nitrogen and oxygen atoms in total. The van der Waals surface area contributed by atoms with E-state index in [2.05, 4.69) is 20.3 Å². The third kappa shape index (κ3) is 2.87. The quantitative estimate of drug-likeness (QED) is 0.425. The highest BCUT2D eigenvalue weighted by Crippen LogP contribution is 2.04. The second kappa shape index (κ2) is 5.48. The van der Waals surface area contributed by atoms with E-state index in [-0.39, 0.29) is 5.71 Å². The molecule has 0 radical (unpaired) electrons. The van der Waals surface area contributed by atoms with Crippen molar-refractivity contribution in [2.45, 2.75) is 0 Å². The van der Waals surface area contributed by atoms with Crippen molar-refractivity contribution >= 4 is 24.2 Å². The first-order valence-electron chi connectivity index (χ1n) is 4.05. The van der Waals surface area contributed by atoms with E-state index in [1.54, 1.807) is 18.2 Å². The lowest BCUT2D eigenvalue weighted by atomic mass is 10.2. The molecular formula is C9H9N3O3. The minimum Gasteiger partial charge on any atom is -0.398 e. The smallest absolute Gasteiger partial charge is 0.212 e. The van der Waals surface area contributed by atoms with Gasteiger partial charge in [-0.3, -0.25) is 9.59 Å². The number of carbonyl (C=O) groups excluding carboxylic acids is 2. The number of oxime groups is 1. The lowest BCUT2D eigenvalue weighted by Crippen LogP contribution is -2.07. The Hall–Kier alpha value is -2.24. The van der Waals surface area contributed by atoms with Crippen molar-refractivity contribution in [1.29, 1.82) is 0 Å². The van der Waals surface area contributed by atoms with Gasteiger partial charge in [0.25, 0.3) is 0 Å². The maximum absolute atomic E-state index is 10.6. The summed E-state index contributed by atoms with van der Waals surface area (Å²) in [6.07, 6.45) is 1.02. The summed E-state index contributed by atoms with van der Waals surface area (Å²) >= 11 is 0. The van der Waals surface area contributed by atoms with Crippen LogP contribution in [0.2, 0.25) is 0 Å². The molecule has 0 spiro atoms. The van der Waals surface area contributed by atoms with E-state index in [0.29, 0.717) is 24.2 Å². The van der Waals surface area contributed by atoms with Crippen LogP contribution in [0.4, 0.5) is 5.82 Å². The Labute approximate surface area is 85.9 Å². The number of anilines is 1. The van der Waals surface area contributed by atoms with Crippen LogP contribution in [-0.4, -0.2) is 30.5 Å². The van der Waals surface area contributed by atoms with Crippen molar-refractivity contribution in [3.8, 4) is 0 Å². The minimum atomic E-state index is 0.0621. The van der Waals surface area contributed by atoms with Crippen molar-refractivity contribution in [1.82, 2.24) is 4.98 Å². The number of carbonyl (C=O) groups is 2. The van der Waals surface area contributed by atoms with Gasteiger partial charge in [-0.05, 0) is 12.1 Å². The molecule has 0 aliphatic rings. The van der Waals surface area contributed by atoms with Gasteiger partial charge in [0.15, 0.2) is 12.0 Å². The summed E-state index contributed by atoms with van der Waals surface area (Å²) in [6.45, 7) is 0. The second-order valence-electron chi connectivity index (χ2n) is 2.45. The number of pyridine rings is 1. The summed E-state index contributed by atoms with van der Waals surface area (Å²) in [5, 5.41) is 5.85. The van der Waals surface area contributed by atoms with Crippen LogP contribution < -0.4 is 5.32 Å². The maximum Gasteiger partial charge on any atom is 0.212 e. The Morgan fingerprint density at radius 2 is 2.33 bits per heavy atom. The lowest BCUT2D eigenvalue weighted by molar-refractivity contribution is -0.105. The van der Waals surface area contributed by atoms with Gasteiger partial charge >= 0.3 is 0 Å². The van der Waals surface area contributed by atoms with Gasteiger partial charge in [0.1, 0.15) is 12.9 Å². The largest absolute Gasteiger partial charge is 0.398 e. The molecule has 1 heterocycles. The first-order valence-corrected chi connectivity index (χ1v) is 4.05. The normalized spacial score (nSPS) is 10.6. The Bertz CT molecular complexity index is 390. The fraction of sp³-hybridized carbons (Fsp3) is 0.111. The molecule has 0 aromatic carbocycles. The maximum atomic E-state index is 10.6. The molecule has 0 bridgehead atoms. The van der Waals surface area contributed by atoms with Gasteiger partial charge in [0.2, 0.25) is 6.41 Å². The zero-order chi connectivity index (χ0) is 11.1. The van der Waals surface area contributed by atoms with Crippen molar-refractivity contribution in [3.63, 3.8) is 0 Å².